The van der Waals surface area contributed by atoms with Crippen molar-refractivity contribution in [3.63, 3.8) is 0 Å². The highest BCUT2D eigenvalue weighted by Gasteiger charge is 2.36. The van der Waals surface area contributed by atoms with Crippen LogP contribution in [0.2, 0.25) is 0 Å². The molecule has 0 bridgehead atoms. The average Bonchev–Trinajstić information content (AvgIpc) is 2.90. The number of rotatable bonds is 3. The van der Waals surface area contributed by atoms with Gasteiger partial charge in [0.2, 0.25) is 0 Å². The molecule has 7 heteroatoms. The lowest BCUT2D eigenvalue weighted by Crippen LogP contribution is -2.32. The molecule has 0 radical (unpaired) electrons. The molecular formula is C16H19FN2O4. The Hall–Kier alpha value is -2.15. The highest BCUT2D eigenvalue weighted by Crippen LogP contribution is 2.35. The van der Waals surface area contributed by atoms with Crippen LogP contribution in [0.4, 0.5) is 14.9 Å². The van der Waals surface area contributed by atoms with Crippen molar-refractivity contribution in [3.8, 4) is 0 Å². The number of nitrogens with zero attached hydrogens (tertiary/aromatic N) is 1. The third-order valence-electron chi connectivity index (χ3n) is 4.56. The molecule has 124 valence electrons. The van der Waals surface area contributed by atoms with Crippen molar-refractivity contribution in [2.75, 3.05) is 11.4 Å². The molecule has 0 spiro atoms. The minimum Gasteiger partial charge on any atom is -0.434 e. The number of nitrogens with two attached hydrogens (primary N) is 1. The molecule has 2 fully saturated rings. The number of carbonyl (C=O) groups excluding carboxylic acids is 2. The minimum absolute atomic E-state index is 0.0113. The predicted molar refractivity (Wildman–Crippen MR) is 80.4 cm³/mol. The Morgan fingerprint density at radius 1 is 1.30 bits per heavy atom. The van der Waals surface area contributed by atoms with Gasteiger partial charge in [-0.1, -0.05) is 6.07 Å². The fraction of sp³-hybridized carbons (Fsp3) is 0.500. The van der Waals surface area contributed by atoms with Crippen molar-refractivity contribution in [1.29, 1.82) is 0 Å². The van der Waals surface area contributed by atoms with E-state index in [0.29, 0.717) is 24.1 Å². The lowest BCUT2D eigenvalue weighted by molar-refractivity contribution is -0.124. The summed E-state index contributed by atoms with van der Waals surface area (Å²) in [5, 5.41) is 9.54. The standard InChI is InChI=1S/C16H19FN2O4/c17-13-7-10(19-8-14(15(18)21)23-16(19)22)3-6-12(13)9-1-4-11(20)5-2-9/h3,6-7,9,11,14,20H,1-2,4-5,8H2,(H2,18,21). The van der Waals surface area contributed by atoms with Crippen LogP contribution >= 0.6 is 0 Å². The van der Waals surface area contributed by atoms with Crippen LogP contribution in [0.3, 0.4) is 0 Å². The number of cyclic esters (lactones) is 1. The van der Waals surface area contributed by atoms with Gasteiger partial charge in [0.15, 0.2) is 6.10 Å². The third kappa shape index (κ3) is 3.14. The lowest BCUT2D eigenvalue weighted by atomic mass is 9.82. The molecule has 1 aromatic rings. The molecule has 2 aliphatic rings. The van der Waals surface area contributed by atoms with Crippen LogP contribution in [0.5, 0.6) is 0 Å². The van der Waals surface area contributed by atoms with E-state index < -0.39 is 18.1 Å². The first-order chi connectivity index (χ1) is 11.0. The van der Waals surface area contributed by atoms with E-state index in [1.165, 1.54) is 11.0 Å². The van der Waals surface area contributed by atoms with E-state index in [0.717, 1.165) is 12.8 Å². The number of hydrogen-bond acceptors (Lipinski definition) is 4. The maximum atomic E-state index is 14.4. The molecule has 1 heterocycles. The molecule has 1 unspecified atom stereocenters. The Balaban J connectivity index is 1.77. The topological polar surface area (TPSA) is 92.9 Å². The van der Waals surface area contributed by atoms with Crippen LogP contribution in [0.15, 0.2) is 18.2 Å². The second-order valence-electron chi connectivity index (χ2n) is 6.10. The highest BCUT2D eigenvalue weighted by atomic mass is 19.1. The van der Waals surface area contributed by atoms with E-state index in [9.17, 15) is 19.1 Å². The summed E-state index contributed by atoms with van der Waals surface area (Å²) in [6.45, 7) is -0.0113. The smallest absolute Gasteiger partial charge is 0.415 e. The van der Waals surface area contributed by atoms with E-state index >= 15 is 0 Å². The molecule has 2 amide bonds. The fourth-order valence-corrected chi connectivity index (χ4v) is 3.22. The Morgan fingerprint density at radius 3 is 2.57 bits per heavy atom. The second-order valence-corrected chi connectivity index (χ2v) is 6.10. The van der Waals surface area contributed by atoms with E-state index in [-0.39, 0.29) is 24.4 Å². The highest BCUT2D eigenvalue weighted by molar-refractivity contribution is 5.95. The summed E-state index contributed by atoms with van der Waals surface area (Å²) in [6.07, 6.45) is 0.820. The summed E-state index contributed by atoms with van der Waals surface area (Å²) >= 11 is 0. The molecule has 6 nitrogen and oxygen atoms in total. The molecule has 1 saturated carbocycles. The van der Waals surface area contributed by atoms with E-state index in [4.69, 9.17) is 10.5 Å². The number of benzene rings is 1. The molecule has 1 aromatic carbocycles. The van der Waals surface area contributed by atoms with Crippen molar-refractivity contribution in [2.45, 2.75) is 43.8 Å². The molecule has 1 aliphatic carbocycles. The second kappa shape index (κ2) is 6.16. The van der Waals surface area contributed by atoms with Gasteiger partial charge in [-0.05, 0) is 49.3 Å². The van der Waals surface area contributed by atoms with Gasteiger partial charge in [0.25, 0.3) is 5.91 Å². The summed E-state index contributed by atoms with van der Waals surface area (Å²) in [7, 11) is 0. The van der Waals surface area contributed by atoms with E-state index in [2.05, 4.69) is 0 Å². The largest absolute Gasteiger partial charge is 0.434 e. The SMILES string of the molecule is NC(=O)C1CN(c2ccc(C3CCC(O)CC3)c(F)c2)C(=O)O1. The number of ether oxygens (including phenoxy) is 1. The fourth-order valence-electron chi connectivity index (χ4n) is 3.22. The van der Waals surface area contributed by atoms with Gasteiger partial charge in [-0.2, -0.15) is 0 Å². The molecule has 3 rings (SSSR count). The van der Waals surface area contributed by atoms with Crippen LogP contribution in [-0.2, 0) is 9.53 Å². The van der Waals surface area contributed by atoms with Crippen LogP contribution in [0.1, 0.15) is 37.2 Å². The number of primary amides is 1. The van der Waals surface area contributed by atoms with Crippen molar-refractivity contribution in [1.82, 2.24) is 0 Å². The zero-order valence-corrected chi connectivity index (χ0v) is 12.6. The molecule has 23 heavy (non-hydrogen) atoms. The van der Waals surface area contributed by atoms with E-state index in [1.807, 2.05) is 0 Å². The minimum atomic E-state index is -1.01. The number of anilines is 1. The summed E-state index contributed by atoms with van der Waals surface area (Å²) < 4.78 is 19.3. The number of amides is 2. The third-order valence-corrected chi connectivity index (χ3v) is 4.56. The van der Waals surface area contributed by atoms with Gasteiger partial charge >= 0.3 is 6.09 Å². The van der Waals surface area contributed by atoms with Gasteiger partial charge in [0.05, 0.1) is 18.3 Å². The van der Waals surface area contributed by atoms with Crippen LogP contribution < -0.4 is 10.6 Å². The molecule has 0 aromatic heterocycles. The predicted octanol–water partition coefficient (Wildman–Crippen LogP) is 1.65. The van der Waals surface area contributed by atoms with Gasteiger partial charge in [0.1, 0.15) is 5.82 Å². The van der Waals surface area contributed by atoms with Crippen molar-refractivity contribution >= 4 is 17.7 Å². The molecule has 3 N–H and O–H groups in total. The number of aliphatic hydroxyl groups is 1. The average molecular weight is 322 g/mol. The number of halogens is 1. The van der Waals surface area contributed by atoms with Gasteiger partial charge in [0, 0.05) is 0 Å². The van der Waals surface area contributed by atoms with E-state index in [1.54, 1.807) is 12.1 Å². The number of aliphatic hydroxyl groups excluding tert-OH is 1. The first kappa shape index (κ1) is 15.7. The Bertz CT molecular complexity index is 629. The zero-order chi connectivity index (χ0) is 16.6. The molecule has 1 aliphatic heterocycles. The number of hydrogen-bond donors (Lipinski definition) is 2. The Kier molecular flexibility index (Phi) is 4.21. The number of carbonyl (C=O) groups is 2. The Labute approximate surface area is 133 Å². The van der Waals surface area contributed by atoms with Gasteiger partial charge in [-0.15, -0.1) is 0 Å². The summed E-state index contributed by atoms with van der Waals surface area (Å²) in [6, 6.07) is 4.59. The maximum absolute atomic E-state index is 14.4. The monoisotopic (exact) mass is 322 g/mol. The quantitative estimate of drug-likeness (QED) is 0.885. The normalized spacial score (nSPS) is 27.8. The zero-order valence-electron chi connectivity index (χ0n) is 12.6. The Morgan fingerprint density at radius 2 is 2.00 bits per heavy atom. The van der Waals surface area contributed by atoms with Gasteiger partial charge in [-0.3, -0.25) is 9.69 Å². The van der Waals surface area contributed by atoms with Crippen molar-refractivity contribution < 1.29 is 23.8 Å². The van der Waals surface area contributed by atoms with Crippen molar-refractivity contribution in [3.05, 3.63) is 29.6 Å². The van der Waals surface area contributed by atoms with Crippen LogP contribution in [0, 0.1) is 5.82 Å². The first-order valence-electron chi connectivity index (χ1n) is 7.70. The summed E-state index contributed by atoms with van der Waals surface area (Å²) in [4.78, 5) is 24.1. The van der Waals surface area contributed by atoms with Crippen molar-refractivity contribution in [2.24, 2.45) is 5.73 Å². The van der Waals surface area contributed by atoms with Crippen LogP contribution in [-0.4, -0.2) is 35.9 Å². The van der Waals surface area contributed by atoms with Gasteiger partial charge < -0.3 is 15.6 Å². The van der Waals surface area contributed by atoms with Gasteiger partial charge in [-0.25, -0.2) is 9.18 Å². The molecule has 1 saturated heterocycles. The molecular weight excluding hydrogens is 303 g/mol. The molecule has 1 atom stereocenters. The lowest BCUT2D eigenvalue weighted by Gasteiger charge is -2.26. The summed E-state index contributed by atoms with van der Waals surface area (Å²) in [5.41, 5.74) is 6.07. The van der Waals surface area contributed by atoms with Crippen LogP contribution in [0.25, 0.3) is 0 Å². The first-order valence-corrected chi connectivity index (χ1v) is 7.70. The summed E-state index contributed by atoms with van der Waals surface area (Å²) in [5.74, 6) is -1.03. The maximum Gasteiger partial charge on any atom is 0.415 e.